The van der Waals surface area contributed by atoms with Gasteiger partial charge in [0.05, 0.1) is 6.04 Å². The maximum atomic E-state index is 13.3. The Morgan fingerprint density at radius 2 is 1.90 bits per heavy atom. The second kappa shape index (κ2) is 8.29. The van der Waals surface area contributed by atoms with Crippen LogP contribution in [0.2, 0.25) is 0 Å². The summed E-state index contributed by atoms with van der Waals surface area (Å²) in [5.74, 6) is 0.846. The second-order valence-corrected chi connectivity index (χ2v) is 8.45. The molecule has 1 aliphatic heterocycles. The smallest absolute Gasteiger partial charge is 0.240 e. The number of carbonyl (C=O) groups is 1. The lowest BCUT2D eigenvalue weighted by atomic mass is 10.0. The van der Waals surface area contributed by atoms with Crippen LogP contribution in [0, 0.1) is 13.8 Å². The number of amides is 1. The number of hydrogen-bond donors (Lipinski definition) is 2. The van der Waals surface area contributed by atoms with Gasteiger partial charge in [0, 0.05) is 12.1 Å². The first-order valence-electron chi connectivity index (χ1n) is 9.87. The lowest BCUT2D eigenvalue weighted by Crippen LogP contribution is -2.41. The number of benzene rings is 2. The molecule has 3 aromatic rings. The Balaban J connectivity index is 1.67. The van der Waals surface area contributed by atoms with Gasteiger partial charge in [-0.2, -0.15) is 0 Å². The number of nitrogens with one attached hydrogen (secondary N) is 2. The summed E-state index contributed by atoms with van der Waals surface area (Å²) >= 11 is 1.46. The van der Waals surface area contributed by atoms with Crippen LogP contribution in [0.1, 0.15) is 41.9 Å². The fourth-order valence-corrected chi connectivity index (χ4v) is 4.52. The predicted octanol–water partition coefficient (Wildman–Crippen LogP) is 4.25. The van der Waals surface area contributed by atoms with Crippen LogP contribution < -0.4 is 10.7 Å². The zero-order valence-electron chi connectivity index (χ0n) is 16.8. The SMILES string of the molecule is CCCc1nnc2n1NC(c1ccc(C)cc1)C(C(=O)Nc1ccccc1C)S2. The highest BCUT2D eigenvalue weighted by Gasteiger charge is 2.37. The van der Waals surface area contributed by atoms with Gasteiger partial charge < -0.3 is 10.7 Å². The number of aromatic nitrogens is 3. The van der Waals surface area contributed by atoms with E-state index in [1.54, 1.807) is 0 Å². The number of anilines is 1. The molecule has 0 fully saturated rings. The molecule has 1 amide bonds. The Morgan fingerprint density at radius 1 is 1.14 bits per heavy atom. The largest absolute Gasteiger partial charge is 0.325 e. The van der Waals surface area contributed by atoms with Crippen LogP contribution in [0.3, 0.4) is 0 Å². The fraction of sp³-hybridized carbons (Fsp3) is 0.318. The van der Waals surface area contributed by atoms with E-state index in [9.17, 15) is 4.79 Å². The molecule has 0 radical (unpaired) electrons. The third-order valence-corrected chi connectivity index (χ3v) is 6.29. The molecular formula is C22H25N5OS. The van der Waals surface area contributed by atoms with E-state index in [1.807, 2.05) is 35.9 Å². The summed E-state index contributed by atoms with van der Waals surface area (Å²) in [6.45, 7) is 6.17. The van der Waals surface area contributed by atoms with E-state index in [0.717, 1.165) is 40.6 Å². The highest BCUT2D eigenvalue weighted by atomic mass is 32.2. The van der Waals surface area contributed by atoms with Gasteiger partial charge in [0.2, 0.25) is 11.1 Å². The predicted molar refractivity (Wildman–Crippen MR) is 117 cm³/mol. The number of aryl methyl sites for hydroxylation is 3. The van der Waals surface area contributed by atoms with Crippen LogP contribution >= 0.6 is 11.8 Å². The molecule has 7 heteroatoms. The molecule has 150 valence electrons. The van der Waals surface area contributed by atoms with E-state index in [4.69, 9.17) is 0 Å². The average Bonchev–Trinajstić information content (AvgIpc) is 3.11. The minimum absolute atomic E-state index is 0.0475. The minimum atomic E-state index is -0.372. The van der Waals surface area contributed by atoms with E-state index in [0.29, 0.717) is 0 Å². The maximum Gasteiger partial charge on any atom is 0.240 e. The molecule has 29 heavy (non-hydrogen) atoms. The molecule has 4 rings (SSSR count). The second-order valence-electron chi connectivity index (χ2n) is 7.34. The summed E-state index contributed by atoms with van der Waals surface area (Å²) < 4.78 is 1.94. The Morgan fingerprint density at radius 3 is 2.62 bits per heavy atom. The van der Waals surface area contributed by atoms with Crippen molar-refractivity contribution in [2.75, 3.05) is 10.7 Å². The van der Waals surface area contributed by atoms with Gasteiger partial charge in [0.25, 0.3) is 0 Å². The average molecular weight is 408 g/mol. The van der Waals surface area contributed by atoms with E-state index in [2.05, 4.69) is 59.1 Å². The first-order chi connectivity index (χ1) is 14.1. The molecular weight excluding hydrogens is 382 g/mol. The molecule has 0 saturated carbocycles. The first-order valence-corrected chi connectivity index (χ1v) is 10.8. The highest BCUT2D eigenvalue weighted by molar-refractivity contribution is 8.00. The van der Waals surface area contributed by atoms with Crippen molar-refractivity contribution < 1.29 is 4.79 Å². The zero-order chi connectivity index (χ0) is 20.4. The van der Waals surface area contributed by atoms with Gasteiger partial charge in [-0.15, -0.1) is 10.2 Å². The molecule has 6 nitrogen and oxygen atoms in total. The van der Waals surface area contributed by atoms with Crippen LogP contribution in [0.5, 0.6) is 0 Å². The van der Waals surface area contributed by atoms with Gasteiger partial charge in [-0.25, -0.2) is 4.68 Å². The Kier molecular flexibility index (Phi) is 5.58. The maximum absolute atomic E-state index is 13.3. The summed E-state index contributed by atoms with van der Waals surface area (Å²) in [6, 6.07) is 15.9. The molecule has 0 aliphatic carbocycles. The lowest BCUT2D eigenvalue weighted by Gasteiger charge is -2.33. The number of para-hydroxylation sites is 1. The van der Waals surface area contributed by atoms with Gasteiger partial charge in [0.15, 0.2) is 5.82 Å². The van der Waals surface area contributed by atoms with Crippen LogP contribution in [-0.4, -0.2) is 26.0 Å². The molecule has 1 aliphatic rings. The molecule has 0 bridgehead atoms. The van der Waals surface area contributed by atoms with Crippen LogP contribution in [-0.2, 0) is 11.2 Å². The quantitative estimate of drug-likeness (QED) is 0.662. The molecule has 2 N–H and O–H groups in total. The van der Waals surface area contributed by atoms with Gasteiger partial charge in [0.1, 0.15) is 5.25 Å². The van der Waals surface area contributed by atoms with E-state index in [-0.39, 0.29) is 17.2 Å². The lowest BCUT2D eigenvalue weighted by molar-refractivity contribution is -0.116. The van der Waals surface area contributed by atoms with Gasteiger partial charge in [-0.3, -0.25) is 4.79 Å². The fourth-order valence-electron chi connectivity index (χ4n) is 3.43. The van der Waals surface area contributed by atoms with Gasteiger partial charge in [-0.05, 0) is 37.5 Å². The third kappa shape index (κ3) is 4.00. The molecule has 0 saturated heterocycles. The van der Waals surface area contributed by atoms with E-state index >= 15 is 0 Å². The third-order valence-electron chi connectivity index (χ3n) is 5.08. The first kappa shape index (κ1) is 19.5. The van der Waals surface area contributed by atoms with Gasteiger partial charge >= 0.3 is 0 Å². The summed E-state index contributed by atoms with van der Waals surface area (Å²) in [7, 11) is 0. The van der Waals surface area contributed by atoms with Crippen LogP contribution in [0.25, 0.3) is 0 Å². The summed E-state index contributed by atoms with van der Waals surface area (Å²) in [5, 5.41) is 12.1. The van der Waals surface area contributed by atoms with Crippen molar-refractivity contribution >= 4 is 23.4 Å². The summed E-state index contributed by atoms with van der Waals surface area (Å²) in [6.07, 6.45) is 1.82. The topological polar surface area (TPSA) is 71.8 Å². The molecule has 2 heterocycles. The normalized spacial score (nSPS) is 18.0. The van der Waals surface area contributed by atoms with Crippen molar-refractivity contribution in [3.63, 3.8) is 0 Å². The van der Waals surface area contributed by atoms with E-state index < -0.39 is 0 Å². The standard InChI is InChI=1S/C22H25N5OS/c1-4-7-18-24-25-22-27(18)26-19(16-12-10-14(2)11-13-16)20(29-22)21(28)23-17-9-6-5-8-15(17)3/h5-6,8-13,19-20,26H,4,7H2,1-3H3,(H,23,28). The minimum Gasteiger partial charge on any atom is -0.325 e. The van der Waals surface area contributed by atoms with Gasteiger partial charge in [-0.1, -0.05) is 66.7 Å². The Hall–Kier alpha value is -2.80. The molecule has 2 unspecified atom stereocenters. The number of hydrogen-bond acceptors (Lipinski definition) is 5. The van der Waals surface area contributed by atoms with Crippen molar-refractivity contribution in [1.29, 1.82) is 0 Å². The number of rotatable bonds is 5. The monoisotopic (exact) mass is 407 g/mol. The van der Waals surface area contributed by atoms with Crippen molar-refractivity contribution in [2.45, 2.75) is 50.1 Å². The Labute approximate surface area is 175 Å². The highest BCUT2D eigenvalue weighted by Crippen LogP contribution is 2.38. The van der Waals surface area contributed by atoms with Crippen molar-refractivity contribution in [3.8, 4) is 0 Å². The molecule has 2 atom stereocenters. The van der Waals surface area contributed by atoms with E-state index in [1.165, 1.54) is 17.3 Å². The van der Waals surface area contributed by atoms with Crippen LogP contribution in [0.4, 0.5) is 5.69 Å². The number of thioether (sulfide) groups is 1. The molecule has 1 aromatic heterocycles. The molecule has 0 spiro atoms. The van der Waals surface area contributed by atoms with Crippen LogP contribution in [0.15, 0.2) is 53.7 Å². The number of carbonyl (C=O) groups excluding carboxylic acids is 1. The van der Waals surface area contributed by atoms with Crippen molar-refractivity contribution in [3.05, 3.63) is 71.0 Å². The van der Waals surface area contributed by atoms with Crippen molar-refractivity contribution in [1.82, 2.24) is 14.9 Å². The number of fused-ring (bicyclic) bond motifs is 1. The number of nitrogens with zero attached hydrogens (tertiary/aromatic N) is 3. The molecule has 2 aromatic carbocycles. The summed E-state index contributed by atoms with van der Waals surface area (Å²) in [4.78, 5) is 13.3. The Bertz CT molecular complexity index is 1010. The zero-order valence-corrected chi connectivity index (χ0v) is 17.7. The summed E-state index contributed by atoms with van der Waals surface area (Å²) in [5.41, 5.74) is 7.63. The van der Waals surface area contributed by atoms with Crippen molar-refractivity contribution in [2.24, 2.45) is 0 Å².